The Morgan fingerprint density at radius 2 is 2.35 bits per heavy atom. The molecule has 1 rings (SSSR count). The molecule has 0 fully saturated rings. The van der Waals surface area contributed by atoms with Crippen LogP contribution in [0, 0.1) is 12.3 Å². The van der Waals surface area contributed by atoms with E-state index in [4.69, 9.17) is 17.3 Å². The second-order valence-electron chi connectivity index (χ2n) is 3.21. The van der Waals surface area contributed by atoms with Gasteiger partial charge < -0.3 is 16.2 Å². The maximum atomic E-state index is 11.1. The van der Waals surface area contributed by atoms with Crippen LogP contribution in [0.3, 0.4) is 0 Å². The lowest BCUT2D eigenvalue weighted by Gasteiger charge is -2.14. The zero-order chi connectivity index (χ0) is 12.8. The molecule has 4 N–H and O–H groups in total. The summed E-state index contributed by atoms with van der Waals surface area (Å²) < 4.78 is 0. The number of hydrogen-bond donors (Lipinski definition) is 3. The summed E-state index contributed by atoms with van der Waals surface area (Å²) in [5.74, 6) is 0.534. The van der Waals surface area contributed by atoms with Crippen molar-refractivity contribution in [3.05, 3.63) is 23.9 Å². The summed E-state index contributed by atoms with van der Waals surface area (Å²) in [4.78, 5) is 25.8. The molecular formula is C11H11N3O3. The van der Waals surface area contributed by atoms with E-state index in [9.17, 15) is 9.59 Å². The lowest BCUT2D eigenvalue weighted by Crippen LogP contribution is -2.30. The molecule has 1 aromatic heterocycles. The zero-order valence-corrected chi connectivity index (χ0v) is 8.88. The molecule has 0 saturated carbocycles. The number of aromatic nitrogens is 1. The largest absolute Gasteiger partial charge is 0.480 e. The van der Waals surface area contributed by atoms with Crippen molar-refractivity contribution < 1.29 is 14.7 Å². The number of rotatable bonds is 5. The number of nitrogens with two attached hydrogens (primary N) is 1. The van der Waals surface area contributed by atoms with Gasteiger partial charge in [-0.1, -0.05) is 0 Å². The van der Waals surface area contributed by atoms with Gasteiger partial charge in [0.1, 0.15) is 11.9 Å². The summed E-state index contributed by atoms with van der Waals surface area (Å²) in [6, 6.07) is 1.97. The minimum absolute atomic E-state index is 0.0237. The Labute approximate surface area is 97.8 Å². The van der Waals surface area contributed by atoms with Gasteiger partial charge in [-0.05, 0) is 12.1 Å². The number of terminal acetylenes is 1. The van der Waals surface area contributed by atoms with Gasteiger partial charge in [0.2, 0.25) is 0 Å². The Morgan fingerprint density at radius 3 is 2.88 bits per heavy atom. The fourth-order valence-electron chi connectivity index (χ4n) is 1.20. The number of nitrogens with zero attached hydrogens (tertiary/aromatic N) is 1. The molecule has 1 aromatic rings. The van der Waals surface area contributed by atoms with Crippen LogP contribution >= 0.6 is 0 Å². The van der Waals surface area contributed by atoms with Gasteiger partial charge in [0.25, 0.3) is 5.91 Å². The highest BCUT2D eigenvalue weighted by Crippen LogP contribution is 2.12. The molecule has 6 nitrogen and oxygen atoms in total. The van der Waals surface area contributed by atoms with Crippen molar-refractivity contribution in [1.82, 2.24) is 4.98 Å². The Kier molecular flexibility index (Phi) is 4.06. The monoisotopic (exact) mass is 233 g/mol. The van der Waals surface area contributed by atoms with E-state index >= 15 is 0 Å². The Hall–Kier alpha value is -2.55. The summed E-state index contributed by atoms with van der Waals surface area (Å²) in [7, 11) is 0. The van der Waals surface area contributed by atoms with E-state index in [-0.39, 0.29) is 17.8 Å². The minimum atomic E-state index is -1.12. The van der Waals surface area contributed by atoms with Crippen molar-refractivity contribution in [2.45, 2.75) is 12.5 Å². The zero-order valence-electron chi connectivity index (χ0n) is 8.88. The van der Waals surface area contributed by atoms with E-state index in [2.05, 4.69) is 16.2 Å². The SMILES string of the molecule is C#CCC(Nc1ncccc1C(N)=O)C(=O)O. The van der Waals surface area contributed by atoms with E-state index in [1.165, 1.54) is 18.3 Å². The van der Waals surface area contributed by atoms with Crippen LogP contribution in [0.2, 0.25) is 0 Å². The molecule has 17 heavy (non-hydrogen) atoms. The lowest BCUT2D eigenvalue weighted by molar-refractivity contribution is -0.137. The number of primary amides is 1. The summed E-state index contributed by atoms with van der Waals surface area (Å²) in [5, 5.41) is 11.5. The van der Waals surface area contributed by atoms with Crippen LogP contribution in [0.15, 0.2) is 18.3 Å². The van der Waals surface area contributed by atoms with Crippen LogP contribution < -0.4 is 11.1 Å². The van der Waals surface area contributed by atoms with Crippen molar-refractivity contribution >= 4 is 17.7 Å². The fourth-order valence-corrected chi connectivity index (χ4v) is 1.20. The van der Waals surface area contributed by atoms with Crippen molar-refractivity contribution in [3.63, 3.8) is 0 Å². The van der Waals surface area contributed by atoms with Gasteiger partial charge in [-0.25, -0.2) is 9.78 Å². The number of aliphatic carboxylic acids is 1. The summed E-state index contributed by atoms with van der Waals surface area (Å²) >= 11 is 0. The Bertz CT molecular complexity index is 479. The number of pyridine rings is 1. The van der Waals surface area contributed by atoms with Crippen molar-refractivity contribution in [1.29, 1.82) is 0 Å². The Balaban J connectivity index is 2.97. The fraction of sp³-hybridized carbons (Fsp3) is 0.182. The first-order chi connectivity index (χ1) is 8.06. The van der Waals surface area contributed by atoms with E-state index in [0.29, 0.717) is 0 Å². The molecule has 0 aliphatic heterocycles. The number of carbonyl (C=O) groups is 2. The second kappa shape index (κ2) is 5.51. The molecular weight excluding hydrogens is 222 g/mol. The second-order valence-corrected chi connectivity index (χ2v) is 3.21. The van der Waals surface area contributed by atoms with Gasteiger partial charge in [0.05, 0.1) is 5.56 Å². The van der Waals surface area contributed by atoms with Crippen LogP contribution in [-0.2, 0) is 4.79 Å². The first kappa shape index (κ1) is 12.5. The number of hydrogen-bond acceptors (Lipinski definition) is 4. The van der Waals surface area contributed by atoms with Crippen LogP contribution in [0.5, 0.6) is 0 Å². The van der Waals surface area contributed by atoms with Crippen LogP contribution in [-0.4, -0.2) is 28.0 Å². The first-order valence-corrected chi connectivity index (χ1v) is 4.74. The van der Waals surface area contributed by atoms with Gasteiger partial charge in [0.15, 0.2) is 0 Å². The molecule has 1 amide bonds. The highest BCUT2D eigenvalue weighted by atomic mass is 16.4. The summed E-state index contributed by atoms with van der Waals surface area (Å²) in [6.45, 7) is 0. The van der Waals surface area contributed by atoms with E-state index in [0.717, 1.165) is 0 Å². The van der Waals surface area contributed by atoms with Gasteiger partial charge >= 0.3 is 5.97 Å². The van der Waals surface area contributed by atoms with Gasteiger partial charge in [-0.2, -0.15) is 0 Å². The molecule has 88 valence electrons. The summed E-state index contributed by atoms with van der Waals surface area (Å²) in [6.07, 6.45) is 6.45. The number of carbonyl (C=O) groups excluding carboxylic acids is 1. The maximum Gasteiger partial charge on any atom is 0.327 e. The number of carboxylic acids is 1. The normalized spacial score (nSPS) is 11.2. The highest BCUT2D eigenvalue weighted by molar-refractivity contribution is 5.98. The molecule has 0 aliphatic rings. The smallest absolute Gasteiger partial charge is 0.327 e. The molecule has 1 heterocycles. The Morgan fingerprint density at radius 1 is 1.65 bits per heavy atom. The predicted octanol–water partition coefficient (Wildman–Crippen LogP) is 0.0689. The van der Waals surface area contributed by atoms with Gasteiger partial charge in [0, 0.05) is 12.6 Å². The third-order valence-electron chi connectivity index (χ3n) is 2.00. The molecule has 0 aromatic carbocycles. The molecule has 1 atom stereocenters. The van der Waals surface area contributed by atoms with Crippen LogP contribution in [0.1, 0.15) is 16.8 Å². The molecule has 0 aliphatic carbocycles. The van der Waals surface area contributed by atoms with E-state index < -0.39 is 17.9 Å². The molecule has 0 radical (unpaired) electrons. The minimum Gasteiger partial charge on any atom is -0.480 e. The number of nitrogens with one attached hydrogen (secondary N) is 1. The lowest BCUT2D eigenvalue weighted by atomic mass is 10.2. The van der Waals surface area contributed by atoms with Gasteiger partial charge in [-0.3, -0.25) is 4.79 Å². The van der Waals surface area contributed by atoms with Crippen molar-refractivity contribution in [2.75, 3.05) is 5.32 Å². The third-order valence-corrected chi connectivity index (χ3v) is 2.00. The average molecular weight is 233 g/mol. The first-order valence-electron chi connectivity index (χ1n) is 4.74. The molecule has 0 spiro atoms. The topological polar surface area (TPSA) is 105 Å². The van der Waals surface area contributed by atoms with Crippen molar-refractivity contribution in [3.8, 4) is 12.3 Å². The van der Waals surface area contributed by atoms with Gasteiger partial charge in [-0.15, -0.1) is 12.3 Å². The molecule has 1 unspecified atom stereocenters. The maximum absolute atomic E-state index is 11.1. The number of amides is 1. The molecule has 0 bridgehead atoms. The number of carboxylic acid groups (broad SMARTS) is 1. The quantitative estimate of drug-likeness (QED) is 0.624. The van der Waals surface area contributed by atoms with Crippen LogP contribution in [0.4, 0.5) is 5.82 Å². The standard InChI is InChI=1S/C11H11N3O3/c1-2-4-8(11(16)17)14-10-7(9(12)15)5-3-6-13-10/h1,3,5-6,8H,4H2,(H2,12,15)(H,13,14)(H,16,17). The predicted molar refractivity (Wildman–Crippen MR) is 61.3 cm³/mol. The molecule has 6 heteroatoms. The van der Waals surface area contributed by atoms with Crippen molar-refractivity contribution in [2.24, 2.45) is 5.73 Å². The summed E-state index contributed by atoms with van der Waals surface area (Å²) in [5.41, 5.74) is 5.25. The van der Waals surface area contributed by atoms with E-state index in [1.54, 1.807) is 0 Å². The highest BCUT2D eigenvalue weighted by Gasteiger charge is 2.19. The third kappa shape index (κ3) is 3.21. The van der Waals surface area contributed by atoms with E-state index in [1.807, 2.05) is 0 Å². The van der Waals surface area contributed by atoms with Crippen LogP contribution in [0.25, 0.3) is 0 Å². The molecule has 0 saturated heterocycles. The number of anilines is 1. The average Bonchev–Trinajstić information content (AvgIpc) is 2.28.